The fourth-order valence-electron chi connectivity index (χ4n) is 3.59. The van der Waals surface area contributed by atoms with Crippen LogP contribution in [0.15, 0.2) is 92.4 Å². The average molecular weight is 513 g/mol. The largest absolute Gasteiger partial charge is 0.401 e. The molecule has 2 aromatic carbocycles. The molecule has 0 atom stereocenters. The lowest BCUT2D eigenvalue weighted by molar-refractivity contribution is -0.114. The van der Waals surface area contributed by atoms with Crippen molar-refractivity contribution >= 4 is 51.8 Å². The molecular formula is C26H20N6O4S. The predicted molar refractivity (Wildman–Crippen MR) is 140 cm³/mol. The van der Waals surface area contributed by atoms with Gasteiger partial charge in [-0.2, -0.15) is 0 Å². The van der Waals surface area contributed by atoms with E-state index in [0.717, 1.165) is 5.56 Å². The lowest BCUT2D eigenvalue weighted by Gasteiger charge is -2.13. The smallest absolute Gasteiger partial charge is 0.331 e. The summed E-state index contributed by atoms with van der Waals surface area (Å²) in [6.45, 7) is 1.42. The molecule has 2 amide bonds. The van der Waals surface area contributed by atoms with Crippen LogP contribution in [0.3, 0.4) is 0 Å². The van der Waals surface area contributed by atoms with E-state index in [2.05, 4.69) is 25.7 Å². The van der Waals surface area contributed by atoms with E-state index in [4.69, 9.17) is 9.25 Å². The topological polar surface area (TPSA) is 122 Å². The second-order valence-electron chi connectivity index (χ2n) is 7.78. The van der Waals surface area contributed by atoms with Gasteiger partial charge in [0.2, 0.25) is 5.91 Å². The first-order valence-electron chi connectivity index (χ1n) is 11.1. The molecule has 10 nitrogen and oxygen atoms in total. The number of hydrogen-bond donors (Lipinski definition) is 1. The molecule has 0 saturated heterocycles. The Morgan fingerprint density at radius 1 is 1.11 bits per heavy atom. The highest BCUT2D eigenvalue weighted by Gasteiger charge is 2.36. The van der Waals surface area contributed by atoms with Gasteiger partial charge in [-0.15, -0.1) is 16.4 Å². The van der Waals surface area contributed by atoms with Crippen molar-refractivity contribution in [3.8, 4) is 0 Å². The SMILES string of the molecule is CO/N=C(/c1csc(NC(C)=O)c1)c1nnc(N2C(=O)/C(=C\c3ccccc3)N=C2c2ccccc2)o1. The van der Waals surface area contributed by atoms with E-state index >= 15 is 0 Å². The number of thiophene rings is 1. The zero-order valence-corrected chi connectivity index (χ0v) is 20.6. The van der Waals surface area contributed by atoms with Gasteiger partial charge in [0.15, 0.2) is 11.5 Å². The van der Waals surface area contributed by atoms with Gasteiger partial charge in [-0.1, -0.05) is 70.9 Å². The summed E-state index contributed by atoms with van der Waals surface area (Å²) in [5, 5.41) is 17.4. The summed E-state index contributed by atoms with van der Waals surface area (Å²) in [4.78, 5) is 35.8. The number of hydrogen-bond acceptors (Lipinski definition) is 9. The highest BCUT2D eigenvalue weighted by Crippen LogP contribution is 2.29. The number of aliphatic imine (C=N–C) groups is 1. The molecule has 0 spiro atoms. The van der Waals surface area contributed by atoms with Gasteiger partial charge in [0.1, 0.15) is 12.8 Å². The Morgan fingerprint density at radius 3 is 2.54 bits per heavy atom. The van der Waals surface area contributed by atoms with Crippen molar-refractivity contribution in [2.24, 2.45) is 10.1 Å². The van der Waals surface area contributed by atoms with Crippen LogP contribution in [0.1, 0.15) is 29.5 Å². The summed E-state index contributed by atoms with van der Waals surface area (Å²) in [6.07, 6.45) is 1.70. The maximum absolute atomic E-state index is 13.5. The van der Waals surface area contributed by atoms with Crippen LogP contribution in [-0.4, -0.2) is 40.7 Å². The van der Waals surface area contributed by atoms with Gasteiger partial charge < -0.3 is 14.6 Å². The molecule has 1 aliphatic rings. The van der Waals surface area contributed by atoms with E-state index in [9.17, 15) is 9.59 Å². The van der Waals surface area contributed by atoms with Crippen LogP contribution in [0.5, 0.6) is 0 Å². The van der Waals surface area contributed by atoms with Crippen molar-refractivity contribution in [1.82, 2.24) is 10.2 Å². The summed E-state index contributed by atoms with van der Waals surface area (Å²) >= 11 is 1.31. The molecule has 0 bridgehead atoms. The van der Waals surface area contributed by atoms with E-state index in [0.29, 0.717) is 22.0 Å². The summed E-state index contributed by atoms with van der Waals surface area (Å²) in [5.41, 5.74) is 2.61. The molecule has 0 aliphatic carbocycles. The number of aromatic nitrogens is 2. The molecule has 0 saturated carbocycles. The highest BCUT2D eigenvalue weighted by atomic mass is 32.1. The number of carbonyl (C=O) groups excluding carboxylic acids is 2. The number of oxime groups is 1. The van der Waals surface area contributed by atoms with Crippen LogP contribution < -0.4 is 10.2 Å². The molecule has 0 radical (unpaired) electrons. The van der Waals surface area contributed by atoms with Gasteiger partial charge in [-0.05, 0) is 17.7 Å². The third-order valence-electron chi connectivity index (χ3n) is 5.16. The Bertz CT molecular complexity index is 1540. The van der Waals surface area contributed by atoms with Crippen LogP contribution in [0.4, 0.5) is 11.0 Å². The lowest BCUT2D eigenvalue weighted by Crippen LogP contribution is -2.33. The first-order chi connectivity index (χ1) is 18.0. The van der Waals surface area contributed by atoms with Crippen LogP contribution >= 0.6 is 11.3 Å². The number of nitrogens with one attached hydrogen (secondary N) is 1. The quantitative estimate of drug-likeness (QED) is 0.224. The van der Waals surface area contributed by atoms with Crippen molar-refractivity contribution in [3.63, 3.8) is 0 Å². The summed E-state index contributed by atoms with van der Waals surface area (Å²) in [6, 6.07) is 20.3. The molecule has 2 aromatic heterocycles. The van der Waals surface area contributed by atoms with Crippen LogP contribution in [-0.2, 0) is 14.4 Å². The third-order valence-corrected chi connectivity index (χ3v) is 6.00. The maximum atomic E-state index is 13.5. The van der Waals surface area contributed by atoms with Gasteiger partial charge >= 0.3 is 6.01 Å². The molecule has 0 fully saturated rings. The van der Waals surface area contributed by atoms with Gasteiger partial charge in [0.05, 0.1) is 5.00 Å². The maximum Gasteiger partial charge on any atom is 0.331 e. The number of amides is 2. The zero-order valence-electron chi connectivity index (χ0n) is 19.8. The Kier molecular flexibility index (Phi) is 6.68. The molecule has 4 aromatic rings. The first kappa shape index (κ1) is 23.8. The standard InChI is InChI=1S/C26H20N6O4S/c1-16(33)27-21-14-19(15-37-21)22(31-35-2)24-29-30-26(36-24)32-23(18-11-7-4-8-12-18)28-20(25(32)34)13-17-9-5-3-6-10-17/h3-15H,1-2H3,(H,27,33)/b20-13+,31-22-. The minimum atomic E-state index is -0.411. The summed E-state index contributed by atoms with van der Waals surface area (Å²) in [7, 11) is 1.39. The molecule has 0 unspecified atom stereocenters. The number of rotatable bonds is 7. The Hall–Kier alpha value is -4.90. The second kappa shape index (κ2) is 10.4. The van der Waals surface area contributed by atoms with Gasteiger partial charge in [0, 0.05) is 23.4 Å². The normalized spacial score (nSPS) is 14.7. The van der Waals surface area contributed by atoms with Crippen molar-refractivity contribution < 1.29 is 18.8 Å². The molecular weight excluding hydrogens is 492 g/mol. The monoisotopic (exact) mass is 512 g/mol. The van der Waals surface area contributed by atoms with Crippen LogP contribution in [0.25, 0.3) is 6.08 Å². The van der Waals surface area contributed by atoms with Gasteiger partial charge in [-0.25, -0.2) is 9.89 Å². The molecule has 37 heavy (non-hydrogen) atoms. The summed E-state index contributed by atoms with van der Waals surface area (Å²) in [5.74, 6) is -0.216. The van der Waals surface area contributed by atoms with E-state index in [1.165, 1.54) is 30.3 Å². The van der Waals surface area contributed by atoms with E-state index in [1.54, 1.807) is 17.5 Å². The molecule has 5 rings (SSSR count). The van der Waals surface area contributed by atoms with E-state index in [1.807, 2.05) is 60.7 Å². The minimum absolute atomic E-state index is 0.0322. The second-order valence-corrected chi connectivity index (χ2v) is 8.69. The Labute approximate surface area is 215 Å². The summed E-state index contributed by atoms with van der Waals surface area (Å²) < 4.78 is 5.93. The predicted octanol–water partition coefficient (Wildman–Crippen LogP) is 4.32. The fraction of sp³-hybridized carbons (Fsp3) is 0.0769. The molecule has 1 N–H and O–H groups in total. The fourth-order valence-corrected chi connectivity index (χ4v) is 4.42. The van der Waals surface area contributed by atoms with Crippen molar-refractivity contribution in [2.45, 2.75) is 6.92 Å². The average Bonchev–Trinajstić information content (AvgIpc) is 3.63. The molecule has 184 valence electrons. The number of benzene rings is 2. The number of anilines is 2. The van der Waals surface area contributed by atoms with Crippen molar-refractivity contribution in [3.05, 3.63) is 100 Å². The number of carbonyl (C=O) groups is 2. The van der Waals surface area contributed by atoms with Crippen molar-refractivity contribution in [1.29, 1.82) is 0 Å². The third kappa shape index (κ3) is 5.07. The zero-order chi connectivity index (χ0) is 25.8. The van der Waals surface area contributed by atoms with Gasteiger partial charge in [-0.3, -0.25) is 9.59 Å². The number of amidine groups is 1. The molecule has 11 heteroatoms. The van der Waals surface area contributed by atoms with Crippen molar-refractivity contribution in [2.75, 3.05) is 17.3 Å². The van der Waals surface area contributed by atoms with Crippen LogP contribution in [0.2, 0.25) is 0 Å². The number of nitrogens with zero attached hydrogens (tertiary/aromatic N) is 5. The lowest BCUT2D eigenvalue weighted by atomic mass is 10.2. The molecule has 1 aliphatic heterocycles. The first-order valence-corrected chi connectivity index (χ1v) is 12.0. The molecule has 3 heterocycles. The Morgan fingerprint density at radius 2 is 1.84 bits per heavy atom. The highest BCUT2D eigenvalue weighted by molar-refractivity contribution is 7.14. The minimum Gasteiger partial charge on any atom is -0.401 e. The Balaban J connectivity index is 1.52. The van der Waals surface area contributed by atoms with Crippen LogP contribution in [0, 0.1) is 0 Å². The van der Waals surface area contributed by atoms with E-state index < -0.39 is 5.91 Å². The van der Waals surface area contributed by atoms with Gasteiger partial charge in [0.25, 0.3) is 11.8 Å². The van der Waals surface area contributed by atoms with E-state index in [-0.39, 0.29) is 29.2 Å².